The second kappa shape index (κ2) is 12.5. The number of halogens is 1. The fraction of sp³-hybridized carbons (Fsp3) is 0.448. The average molecular weight is 612 g/mol. The van der Waals surface area contributed by atoms with E-state index in [9.17, 15) is 18.8 Å². The lowest BCUT2D eigenvalue weighted by molar-refractivity contribution is -0.129. The minimum atomic E-state index is -1.58. The molecule has 0 radical (unpaired) electrons. The van der Waals surface area contributed by atoms with Crippen LogP contribution in [0.4, 0.5) is 4.39 Å². The van der Waals surface area contributed by atoms with Crippen molar-refractivity contribution >= 4 is 27.5 Å². The van der Waals surface area contributed by atoms with Crippen molar-refractivity contribution < 1.29 is 18.7 Å². The fourth-order valence-corrected chi connectivity index (χ4v) is 5.98. The van der Waals surface area contributed by atoms with Gasteiger partial charge in [0.1, 0.15) is 39.1 Å². The summed E-state index contributed by atoms with van der Waals surface area (Å²) in [5, 5.41) is 21.0. The first kappa shape index (κ1) is 31.6. The van der Waals surface area contributed by atoms with Gasteiger partial charge in [-0.1, -0.05) is 11.3 Å². The topological polar surface area (TPSA) is 146 Å². The first-order valence-electron chi connectivity index (χ1n) is 13.7. The molecule has 4 aromatic rings. The van der Waals surface area contributed by atoms with Gasteiger partial charge in [0.2, 0.25) is 5.91 Å². The van der Waals surface area contributed by atoms with E-state index in [4.69, 9.17) is 14.7 Å². The van der Waals surface area contributed by atoms with Crippen molar-refractivity contribution in [1.82, 2.24) is 29.4 Å². The second-order valence-electron chi connectivity index (χ2n) is 11.1. The Hall–Kier alpha value is -4.35. The van der Waals surface area contributed by atoms with E-state index in [1.54, 1.807) is 34.6 Å². The van der Waals surface area contributed by atoms with Crippen LogP contribution in [-0.2, 0) is 21.6 Å². The molecule has 3 heterocycles. The summed E-state index contributed by atoms with van der Waals surface area (Å²) in [7, 11) is 0. The molecule has 0 spiro atoms. The van der Waals surface area contributed by atoms with Crippen LogP contribution in [0, 0.1) is 24.1 Å². The molecule has 0 unspecified atom stereocenters. The van der Waals surface area contributed by atoms with Crippen LogP contribution >= 0.6 is 11.3 Å². The predicted molar refractivity (Wildman–Crippen MR) is 159 cm³/mol. The highest BCUT2D eigenvalue weighted by Gasteiger charge is 2.36. The molecule has 0 fully saturated rings. The molecule has 1 atom stereocenters. The maximum Gasteiger partial charge on any atom is 0.333 e. The van der Waals surface area contributed by atoms with E-state index in [1.807, 2.05) is 6.07 Å². The molecule has 1 N–H and O–H groups in total. The fourth-order valence-electron chi connectivity index (χ4n) is 4.76. The van der Waals surface area contributed by atoms with Crippen molar-refractivity contribution in [1.29, 1.82) is 5.26 Å². The highest BCUT2D eigenvalue weighted by Crippen LogP contribution is 2.35. The van der Waals surface area contributed by atoms with Crippen molar-refractivity contribution in [2.45, 2.75) is 78.8 Å². The molecule has 0 aliphatic heterocycles. The largest absolute Gasteiger partial charge is 0.478 e. The number of thiophene rings is 1. The molecule has 0 aliphatic rings. The van der Waals surface area contributed by atoms with Crippen LogP contribution in [0.15, 0.2) is 40.2 Å². The van der Waals surface area contributed by atoms with Gasteiger partial charge in [0.25, 0.3) is 5.56 Å². The van der Waals surface area contributed by atoms with Gasteiger partial charge in [0.15, 0.2) is 6.61 Å². The van der Waals surface area contributed by atoms with E-state index in [0.717, 1.165) is 15.9 Å². The van der Waals surface area contributed by atoms with Crippen LogP contribution in [0.3, 0.4) is 0 Å². The van der Waals surface area contributed by atoms with Gasteiger partial charge in [-0.05, 0) is 66.7 Å². The Balaban J connectivity index is 2.04. The molecule has 1 amide bonds. The summed E-state index contributed by atoms with van der Waals surface area (Å²) < 4.78 is 28.7. The number of aromatic nitrogens is 5. The Morgan fingerprint density at radius 2 is 1.86 bits per heavy atom. The molecule has 1 aromatic carbocycles. The van der Waals surface area contributed by atoms with Crippen LogP contribution in [0.5, 0.6) is 5.75 Å². The van der Waals surface area contributed by atoms with Crippen molar-refractivity contribution in [3.8, 4) is 16.8 Å². The van der Waals surface area contributed by atoms with Gasteiger partial charge in [-0.15, -0.1) is 4.80 Å². The molecule has 43 heavy (non-hydrogen) atoms. The van der Waals surface area contributed by atoms with Gasteiger partial charge < -0.3 is 14.8 Å². The lowest BCUT2D eigenvalue weighted by Crippen LogP contribution is -2.56. The standard InChI is InChI=1S/C29H34FN7O5S/c1-16(2)34-27(39)29(6,7)36-24(38)23-18(5)25(37-32-11-12-33-37)43-26(23)35(28(36)40)15-22(42-17(3)4)20-14-19(30)8-9-21(20)41-13-10-31/h8-9,11-12,14,16-17,22H,13,15H2,1-7H3,(H,34,39)/t22-/m0/s1. The third-order valence-corrected chi connectivity index (χ3v) is 8.00. The first-order valence-corrected chi connectivity index (χ1v) is 14.5. The zero-order chi connectivity index (χ0) is 31.6. The number of amides is 1. The molecule has 0 saturated heterocycles. The molecule has 3 aromatic heterocycles. The summed E-state index contributed by atoms with van der Waals surface area (Å²) in [6.45, 7) is 11.4. The maximum atomic E-state index is 14.6. The summed E-state index contributed by atoms with van der Waals surface area (Å²) in [5.41, 5.74) is -2.18. The lowest BCUT2D eigenvalue weighted by Gasteiger charge is -2.29. The monoisotopic (exact) mass is 611 g/mol. The Kier molecular flexibility index (Phi) is 9.17. The van der Waals surface area contributed by atoms with E-state index in [-0.39, 0.29) is 42.0 Å². The van der Waals surface area contributed by atoms with E-state index >= 15 is 0 Å². The Labute approximate surface area is 251 Å². The summed E-state index contributed by atoms with van der Waals surface area (Å²) >= 11 is 1.14. The minimum Gasteiger partial charge on any atom is -0.478 e. The first-order chi connectivity index (χ1) is 20.3. The van der Waals surface area contributed by atoms with Gasteiger partial charge in [-0.25, -0.2) is 13.8 Å². The van der Waals surface area contributed by atoms with Crippen molar-refractivity contribution in [2.75, 3.05) is 6.61 Å². The molecule has 0 aliphatic carbocycles. The average Bonchev–Trinajstić information content (AvgIpc) is 3.57. The molecule has 4 rings (SSSR count). The molecule has 12 nitrogen and oxygen atoms in total. The number of nitrogens with zero attached hydrogens (tertiary/aromatic N) is 6. The van der Waals surface area contributed by atoms with Crippen LogP contribution in [0.2, 0.25) is 0 Å². The number of carbonyl (C=O) groups excluding carboxylic acids is 1. The number of nitrogens with one attached hydrogen (secondary N) is 1. The lowest BCUT2D eigenvalue weighted by atomic mass is 10.0. The number of hydrogen-bond acceptors (Lipinski definition) is 9. The SMILES string of the molecule is Cc1c(-n2nccn2)sc2c1c(=O)n(C(C)(C)C(=O)NC(C)C)c(=O)n2C[C@H](OC(C)C)c1cc(F)ccc1OCC#N. The van der Waals surface area contributed by atoms with Crippen LogP contribution in [0.1, 0.15) is 58.8 Å². The second-order valence-corrected chi connectivity index (χ2v) is 12.0. The van der Waals surface area contributed by atoms with Gasteiger partial charge in [0.05, 0.1) is 30.4 Å². The number of aryl methyl sites for hydroxylation is 1. The zero-order valence-electron chi connectivity index (χ0n) is 25.0. The number of ether oxygens (including phenoxy) is 2. The molecular weight excluding hydrogens is 577 g/mol. The Bertz CT molecular complexity index is 1800. The highest BCUT2D eigenvalue weighted by molar-refractivity contribution is 7.21. The van der Waals surface area contributed by atoms with Gasteiger partial charge in [0, 0.05) is 17.2 Å². The van der Waals surface area contributed by atoms with Crippen LogP contribution < -0.4 is 21.3 Å². The van der Waals surface area contributed by atoms with Gasteiger partial charge >= 0.3 is 5.69 Å². The summed E-state index contributed by atoms with van der Waals surface area (Å²) in [6.07, 6.45) is 1.68. The normalized spacial score (nSPS) is 12.6. The summed E-state index contributed by atoms with van der Waals surface area (Å²) in [4.78, 5) is 43.4. The van der Waals surface area contributed by atoms with E-state index in [0.29, 0.717) is 15.4 Å². The summed E-state index contributed by atoms with van der Waals surface area (Å²) in [5.74, 6) is -0.863. The predicted octanol–water partition coefficient (Wildman–Crippen LogP) is 3.58. The molecule has 14 heteroatoms. The quantitative estimate of drug-likeness (QED) is 0.271. The highest BCUT2D eigenvalue weighted by atomic mass is 32.1. The van der Waals surface area contributed by atoms with Crippen molar-refractivity contribution in [2.24, 2.45) is 0 Å². The van der Waals surface area contributed by atoms with E-state index < -0.39 is 34.6 Å². The van der Waals surface area contributed by atoms with E-state index in [2.05, 4.69) is 15.5 Å². The molecule has 0 bridgehead atoms. The third kappa shape index (κ3) is 6.23. The molecule has 0 saturated carbocycles. The molecule has 228 valence electrons. The van der Waals surface area contributed by atoms with Gasteiger partial charge in [-0.3, -0.25) is 14.2 Å². The number of nitriles is 1. The van der Waals surface area contributed by atoms with Gasteiger partial charge in [-0.2, -0.15) is 15.5 Å². The smallest absolute Gasteiger partial charge is 0.333 e. The summed E-state index contributed by atoms with van der Waals surface area (Å²) in [6, 6.07) is 5.49. The van der Waals surface area contributed by atoms with Crippen molar-refractivity contribution in [3.63, 3.8) is 0 Å². The number of benzene rings is 1. The Morgan fingerprint density at radius 3 is 2.47 bits per heavy atom. The maximum absolute atomic E-state index is 14.6. The number of rotatable bonds is 11. The number of carbonyl (C=O) groups is 1. The number of hydrogen-bond donors (Lipinski definition) is 1. The van der Waals surface area contributed by atoms with E-state index in [1.165, 1.54) is 53.8 Å². The minimum absolute atomic E-state index is 0.173. The Morgan fingerprint density at radius 1 is 1.19 bits per heavy atom. The van der Waals surface area contributed by atoms with Crippen LogP contribution in [-0.4, -0.2) is 48.8 Å². The zero-order valence-corrected chi connectivity index (χ0v) is 25.9. The third-order valence-electron chi connectivity index (χ3n) is 6.72. The molecular formula is C29H34FN7O5S. The van der Waals surface area contributed by atoms with Crippen LogP contribution in [0.25, 0.3) is 15.2 Å². The van der Waals surface area contributed by atoms with Crippen molar-refractivity contribution in [3.05, 3.63) is 68.4 Å². The number of fused-ring (bicyclic) bond motifs is 1.